The van der Waals surface area contributed by atoms with Gasteiger partial charge in [-0.25, -0.2) is 8.78 Å². The molecule has 0 saturated heterocycles. The summed E-state index contributed by atoms with van der Waals surface area (Å²) in [5.41, 5.74) is 1.71. The summed E-state index contributed by atoms with van der Waals surface area (Å²) in [6.45, 7) is 4.38. The molecule has 0 aliphatic carbocycles. The second-order valence-corrected chi connectivity index (χ2v) is 5.49. The van der Waals surface area contributed by atoms with E-state index in [1.54, 1.807) is 12.4 Å². The summed E-state index contributed by atoms with van der Waals surface area (Å²) in [5.74, 6) is -1.16. The Bertz CT molecular complexity index is 594. The zero-order valence-corrected chi connectivity index (χ0v) is 12.8. The molecule has 1 N–H and O–H groups in total. The van der Waals surface area contributed by atoms with E-state index in [1.807, 2.05) is 19.9 Å². The summed E-state index contributed by atoms with van der Waals surface area (Å²) in [5, 5.41) is 3.11. The van der Waals surface area contributed by atoms with Crippen molar-refractivity contribution in [3.8, 4) is 0 Å². The second kappa shape index (κ2) is 6.41. The molecule has 2 rings (SSSR count). The van der Waals surface area contributed by atoms with Crippen LogP contribution in [0.15, 0.2) is 35.1 Å². The van der Waals surface area contributed by atoms with Crippen LogP contribution in [-0.2, 0) is 0 Å². The van der Waals surface area contributed by atoms with Crippen molar-refractivity contribution in [2.24, 2.45) is 0 Å². The van der Waals surface area contributed by atoms with Crippen LogP contribution in [0.1, 0.15) is 29.7 Å². The molecule has 0 radical (unpaired) electrons. The molecule has 0 aliphatic heterocycles. The maximum absolute atomic E-state index is 14.1. The predicted molar refractivity (Wildman–Crippen MR) is 78.6 cm³/mol. The highest BCUT2D eigenvalue weighted by atomic mass is 79.9. The van der Waals surface area contributed by atoms with E-state index >= 15 is 0 Å². The lowest BCUT2D eigenvalue weighted by Gasteiger charge is -2.20. The van der Waals surface area contributed by atoms with Crippen molar-refractivity contribution in [1.82, 2.24) is 10.3 Å². The smallest absolute Gasteiger partial charge is 0.132 e. The minimum Gasteiger partial charge on any atom is -0.306 e. The predicted octanol–water partition coefficient (Wildman–Crippen LogP) is 4.13. The average Bonchev–Trinajstić information content (AvgIpc) is 2.36. The molecule has 1 aromatic carbocycles. The van der Waals surface area contributed by atoms with E-state index in [4.69, 9.17) is 0 Å². The first kappa shape index (κ1) is 15.1. The first-order chi connectivity index (χ1) is 9.52. The zero-order valence-electron chi connectivity index (χ0n) is 11.3. The Hall–Kier alpha value is -1.33. The standard InChI is InChI=1S/C15H15BrF2N2/c1-3-20-15(10-4-9(2)7-19-8-10)14-12(17)5-11(16)6-13(14)18/h4-8,15,20H,3H2,1-2H3. The molecule has 0 fully saturated rings. The number of aromatic nitrogens is 1. The van der Waals surface area contributed by atoms with Gasteiger partial charge in [-0.05, 0) is 36.7 Å². The quantitative estimate of drug-likeness (QED) is 0.905. The van der Waals surface area contributed by atoms with Gasteiger partial charge in [0.05, 0.1) is 6.04 Å². The number of hydrogen-bond donors (Lipinski definition) is 1. The van der Waals surface area contributed by atoms with Gasteiger partial charge in [0.2, 0.25) is 0 Å². The molecule has 0 aliphatic rings. The van der Waals surface area contributed by atoms with Crippen LogP contribution in [0, 0.1) is 18.6 Å². The summed E-state index contributed by atoms with van der Waals surface area (Å²) in [4.78, 5) is 4.10. The zero-order chi connectivity index (χ0) is 14.7. The van der Waals surface area contributed by atoms with E-state index in [-0.39, 0.29) is 5.56 Å². The summed E-state index contributed by atoms with van der Waals surface area (Å²) < 4.78 is 28.7. The van der Waals surface area contributed by atoms with Crippen molar-refractivity contribution >= 4 is 15.9 Å². The fourth-order valence-electron chi connectivity index (χ4n) is 2.16. The van der Waals surface area contributed by atoms with E-state index in [0.717, 1.165) is 11.1 Å². The van der Waals surface area contributed by atoms with Crippen molar-refractivity contribution in [3.05, 3.63) is 63.4 Å². The molecule has 1 unspecified atom stereocenters. The van der Waals surface area contributed by atoms with Crippen molar-refractivity contribution in [2.45, 2.75) is 19.9 Å². The third-order valence-corrected chi connectivity index (χ3v) is 3.43. The van der Waals surface area contributed by atoms with Gasteiger partial charge in [0.1, 0.15) is 11.6 Å². The van der Waals surface area contributed by atoms with Gasteiger partial charge in [-0.3, -0.25) is 4.98 Å². The van der Waals surface area contributed by atoms with E-state index < -0.39 is 17.7 Å². The molecule has 20 heavy (non-hydrogen) atoms. The molecule has 1 atom stereocenters. The highest BCUT2D eigenvalue weighted by Crippen LogP contribution is 2.29. The minimum atomic E-state index is -0.579. The Morgan fingerprint density at radius 1 is 1.20 bits per heavy atom. The fraction of sp³-hybridized carbons (Fsp3) is 0.267. The number of nitrogens with zero attached hydrogens (tertiary/aromatic N) is 1. The van der Waals surface area contributed by atoms with E-state index in [0.29, 0.717) is 11.0 Å². The van der Waals surface area contributed by atoms with Crippen LogP contribution >= 0.6 is 15.9 Å². The molecule has 106 valence electrons. The van der Waals surface area contributed by atoms with E-state index in [2.05, 4.69) is 26.2 Å². The van der Waals surface area contributed by atoms with Crippen LogP contribution in [0.25, 0.3) is 0 Å². The molecule has 0 amide bonds. The molecular formula is C15H15BrF2N2. The monoisotopic (exact) mass is 340 g/mol. The normalized spacial score (nSPS) is 12.4. The van der Waals surface area contributed by atoms with E-state index in [9.17, 15) is 8.78 Å². The van der Waals surface area contributed by atoms with Gasteiger partial charge in [0.15, 0.2) is 0 Å². The second-order valence-electron chi connectivity index (χ2n) is 4.57. The van der Waals surface area contributed by atoms with Gasteiger partial charge in [-0.15, -0.1) is 0 Å². The van der Waals surface area contributed by atoms with Gasteiger partial charge in [0.25, 0.3) is 0 Å². The number of hydrogen-bond acceptors (Lipinski definition) is 2. The van der Waals surface area contributed by atoms with Crippen molar-refractivity contribution < 1.29 is 8.78 Å². The van der Waals surface area contributed by atoms with Crippen LogP contribution in [0.3, 0.4) is 0 Å². The highest BCUT2D eigenvalue weighted by molar-refractivity contribution is 9.10. The van der Waals surface area contributed by atoms with Crippen LogP contribution in [0.4, 0.5) is 8.78 Å². The lowest BCUT2D eigenvalue weighted by molar-refractivity contribution is 0.508. The maximum Gasteiger partial charge on any atom is 0.132 e. The highest BCUT2D eigenvalue weighted by Gasteiger charge is 2.22. The number of pyridine rings is 1. The SMILES string of the molecule is CCNC(c1cncc(C)c1)c1c(F)cc(Br)cc1F. The first-order valence-corrected chi connectivity index (χ1v) is 7.11. The van der Waals surface area contributed by atoms with Gasteiger partial charge >= 0.3 is 0 Å². The Morgan fingerprint density at radius 2 is 1.85 bits per heavy atom. The lowest BCUT2D eigenvalue weighted by Crippen LogP contribution is -2.24. The Morgan fingerprint density at radius 3 is 2.40 bits per heavy atom. The van der Waals surface area contributed by atoms with Gasteiger partial charge in [-0.1, -0.05) is 28.9 Å². The number of halogens is 3. The molecule has 0 bridgehead atoms. The van der Waals surface area contributed by atoms with Crippen molar-refractivity contribution in [1.29, 1.82) is 0 Å². The van der Waals surface area contributed by atoms with E-state index in [1.165, 1.54) is 12.1 Å². The summed E-state index contributed by atoms with van der Waals surface area (Å²) in [7, 11) is 0. The van der Waals surface area contributed by atoms with Crippen LogP contribution < -0.4 is 5.32 Å². The molecule has 2 nitrogen and oxygen atoms in total. The number of nitrogens with one attached hydrogen (secondary N) is 1. The van der Waals surface area contributed by atoms with Crippen LogP contribution in [0.5, 0.6) is 0 Å². The third-order valence-electron chi connectivity index (χ3n) is 2.97. The Balaban J connectivity index is 2.54. The molecule has 1 heterocycles. The molecule has 1 aromatic heterocycles. The summed E-state index contributed by atoms with van der Waals surface area (Å²) >= 11 is 3.09. The average molecular weight is 341 g/mol. The van der Waals surface area contributed by atoms with Crippen molar-refractivity contribution in [2.75, 3.05) is 6.54 Å². The Labute approximate surface area is 125 Å². The third kappa shape index (κ3) is 3.22. The fourth-order valence-corrected chi connectivity index (χ4v) is 2.56. The molecule has 0 saturated carbocycles. The van der Waals surface area contributed by atoms with Gasteiger partial charge in [-0.2, -0.15) is 0 Å². The molecular weight excluding hydrogens is 326 g/mol. The number of benzene rings is 1. The summed E-state index contributed by atoms with van der Waals surface area (Å²) in [6, 6.07) is 3.86. The van der Waals surface area contributed by atoms with Gasteiger partial charge in [0, 0.05) is 22.4 Å². The molecule has 2 aromatic rings. The number of rotatable bonds is 4. The molecule has 0 spiro atoms. The number of aryl methyl sites for hydroxylation is 1. The maximum atomic E-state index is 14.1. The lowest BCUT2D eigenvalue weighted by atomic mass is 9.98. The Kier molecular flexibility index (Phi) is 4.83. The van der Waals surface area contributed by atoms with Gasteiger partial charge < -0.3 is 5.32 Å². The topological polar surface area (TPSA) is 24.9 Å². The van der Waals surface area contributed by atoms with Crippen LogP contribution in [0.2, 0.25) is 0 Å². The minimum absolute atomic E-state index is 0.0162. The molecule has 5 heteroatoms. The largest absolute Gasteiger partial charge is 0.306 e. The van der Waals surface area contributed by atoms with Crippen molar-refractivity contribution in [3.63, 3.8) is 0 Å². The first-order valence-electron chi connectivity index (χ1n) is 6.32. The summed E-state index contributed by atoms with van der Waals surface area (Å²) in [6.07, 6.45) is 3.34. The van der Waals surface area contributed by atoms with Crippen LogP contribution in [-0.4, -0.2) is 11.5 Å².